The van der Waals surface area contributed by atoms with Crippen molar-refractivity contribution in [3.8, 4) is 0 Å². The molecule has 0 amide bonds. The minimum Gasteiger partial charge on any atom is -0.387 e. The maximum Gasteiger partial charge on any atom is 0.0914 e. The normalized spacial score (nSPS) is 18.7. The molecule has 0 aromatic heterocycles. The van der Waals surface area contributed by atoms with Crippen LogP contribution in [-0.4, -0.2) is 17.7 Å². The van der Waals surface area contributed by atoms with Crippen LogP contribution in [0.2, 0.25) is 0 Å². The summed E-state index contributed by atoms with van der Waals surface area (Å²) in [6, 6.07) is 9.03. The van der Waals surface area contributed by atoms with E-state index in [4.69, 9.17) is 0 Å². The largest absolute Gasteiger partial charge is 0.387 e. The molecule has 19 heavy (non-hydrogen) atoms. The summed E-state index contributed by atoms with van der Waals surface area (Å²) in [6.45, 7) is 4.82. The van der Waals surface area contributed by atoms with Crippen LogP contribution >= 0.6 is 0 Å². The Labute approximate surface area is 117 Å². The number of hydrogen-bond acceptors (Lipinski definition) is 2. The van der Waals surface area contributed by atoms with Crippen molar-refractivity contribution in [2.45, 2.75) is 64.0 Å². The Balaban J connectivity index is 1.93. The van der Waals surface area contributed by atoms with E-state index in [0.717, 1.165) is 11.5 Å². The number of benzene rings is 1. The Morgan fingerprint density at radius 2 is 1.74 bits per heavy atom. The first-order chi connectivity index (χ1) is 9.16. The van der Waals surface area contributed by atoms with Crippen molar-refractivity contribution in [3.63, 3.8) is 0 Å². The highest BCUT2D eigenvalue weighted by molar-refractivity contribution is 5.27. The Bertz CT molecular complexity index is 365. The van der Waals surface area contributed by atoms with Gasteiger partial charge < -0.3 is 10.4 Å². The van der Waals surface area contributed by atoms with Gasteiger partial charge in [0.15, 0.2) is 0 Å². The van der Waals surface area contributed by atoms with Gasteiger partial charge in [0, 0.05) is 12.6 Å². The molecular formula is C17H27NO. The first-order valence-electron chi connectivity index (χ1n) is 7.68. The smallest absolute Gasteiger partial charge is 0.0914 e. The molecule has 0 spiro atoms. The number of aliphatic hydroxyl groups excluding tert-OH is 1. The summed E-state index contributed by atoms with van der Waals surface area (Å²) >= 11 is 0. The lowest BCUT2D eigenvalue weighted by molar-refractivity contribution is 0.171. The van der Waals surface area contributed by atoms with Crippen LogP contribution in [0.3, 0.4) is 0 Å². The molecule has 1 aromatic rings. The Hall–Kier alpha value is -0.860. The van der Waals surface area contributed by atoms with E-state index in [1.54, 1.807) is 0 Å². The molecule has 1 saturated carbocycles. The van der Waals surface area contributed by atoms with Gasteiger partial charge >= 0.3 is 0 Å². The van der Waals surface area contributed by atoms with Gasteiger partial charge in [-0.1, -0.05) is 57.4 Å². The summed E-state index contributed by atoms with van der Waals surface area (Å²) in [5.41, 5.74) is 2.47. The molecule has 2 rings (SSSR count). The molecule has 1 atom stereocenters. The van der Waals surface area contributed by atoms with Gasteiger partial charge in [-0.2, -0.15) is 0 Å². The van der Waals surface area contributed by atoms with Crippen molar-refractivity contribution in [1.82, 2.24) is 5.32 Å². The number of hydrogen-bond donors (Lipinski definition) is 2. The molecule has 1 fully saturated rings. The molecule has 1 aliphatic carbocycles. The summed E-state index contributed by atoms with van der Waals surface area (Å²) in [6.07, 6.45) is 6.39. The Morgan fingerprint density at radius 3 is 2.32 bits per heavy atom. The molecule has 0 radical (unpaired) electrons. The average Bonchev–Trinajstić information content (AvgIpc) is 2.46. The number of rotatable bonds is 5. The van der Waals surface area contributed by atoms with Gasteiger partial charge in [0.2, 0.25) is 0 Å². The van der Waals surface area contributed by atoms with Gasteiger partial charge in [-0.15, -0.1) is 0 Å². The van der Waals surface area contributed by atoms with Crippen LogP contribution in [-0.2, 0) is 0 Å². The predicted molar refractivity (Wildman–Crippen MR) is 80.4 cm³/mol. The topological polar surface area (TPSA) is 32.3 Å². The molecule has 2 heteroatoms. The minimum atomic E-state index is -0.400. The number of aliphatic hydroxyl groups is 1. The van der Waals surface area contributed by atoms with Gasteiger partial charge in [-0.25, -0.2) is 0 Å². The van der Waals surface area contributed by atoms with Crippen molar-refractivity contribution in [3.05, 3.63) is 35.4 Å². The van der Waals surface area contributed by atoms with E-state index in [-0.39, 0.29) is 0 Å². The first kappa shape index (κ1) is 14.5. The fourth-order valence-corrected chi connectivity index (χ4v) is 2.89. The van der Waals surface area contributed by atoms with Crippen LogP contribution in [0.15, 0.2) is 24.3 Å². The quantitative estimate of drug-likeness (QED) is 0.845. The molecular weight excluding hydrogens is 234 g/mol. The second-order valence-corrected chi connectivity index (χ2v) is 6.08. The summed E-state index contributed by atoms with van der Waals surface area (Å²) < 4.78 is 0. The zero-order valence-electron chi connectivity index (χ0n) is 12.2. The molecule has 1 aromatic carbocycles. The monoisotopic (exact) mass is 261 g/mol. The van der Waals surface area contributed by atoms with E-state index >= 15 is 0 Å². The highest BCUT2D eigenvalue weighted by atomic mass is 16.3. The highest BCUT2D eigenvalue weighted by Crippen LogP contribution is 2.32. The van der Waals surface area contributed by atoms with Crippen LogP contribution in [0.1, 0.15) is 69.1 Å². The second-order valence-electron chi connectivity index (χ2n) is 6.08. The van der Waals surface area contributed by atoms with Gasteiger partial charge in [-0.3, -0.25) is 0 Å². The molecule has 0 bridgehead atoms. The first-order valence-corrected chi connectivity index (χ1v) is 7.68. The van der Waals surface area contributed by atoms with E-state index in [0.29, 0.717) is 12.6 Å². The Kier molecular flexibility index (Phi) is 5.41. The lowest BCUT2D eigenvalue weighted by atomic mass is 9.84. The van der Waals surface area contributed by atoms with E-state index in [1.165, 1.54) is 37.7 Å². The Morgan fingerprint density at radius 1 is 1.11 bits per heavy atom. The molecule has 0 saturated heterocycles. The third kappa shape index (κ3) is 4.32. The maximum atomic E-state index is 10.1. The molecule has 1 aliphatic rings. The third-order valence-electron chi connectivity index (χ3n) is 4.12. The van der Waals surface area contributed by atoms with Gasteiger partial charge in [0.1, 0.15) is 0 Å². The van der Waals surface area contributed by atoms with Crippen LogP contribution in [0.5, 0.6) is 0 Å². The second kappa shape index (κ2) is 7.06. The SMILES string of the molecule is CC(C)NCC(O)c1ccc(C2CCCCC2)cc1. The fourth-order valence-electron chi connectivity index (χ4n) is 2.89. The van der Waals surface area contributed by atoms with Gasteiger partial charge in [0.25, 0.3) is 0 Å². The minimum absolute atomic E-state index is 0.400. The van der Waals surface area contributed by atoms with Gasteiger partial charge in [-0.05, 0) is 29.9 Å². The standard InChI is InChI=1S/C17H27NO/c1-13(2)18-12-17(19)16-10-8-15(9-11-16)14-6-4-3-5-7-14/h8-11,13-14,17-19H,3-7,12H2,1-2H3. The van der Waals surface area contributed by atoms with Crippen molar-refractivity contribution in [2.24, 2.45) is 0 Å². The van der Waals surface area contributed by atoms with Crippen LogP contribution in [0, 0.1) is 0 Å². The fraction of sp³-hybridized carbons (Fsp3) is 0.647. The average molecular weight is 261 g/mol. The van der Waals surface area contributed by atoms with Crippen molar-refractivity contribution < 1.29 is 5.11 Å². The lowest BCUT2D eigenvalue weighted by Crippen LogP contribution is -2.27. The maximum absolute atomic E-state index is 10.1. The zero-order valence-corrected chi connectivity index (χ0v) is 12.2. The van der Waals surface area contributed by atoms with E-state index in [9.17, 15) is 5.11 Å². The number of nitrogens with one attached hydrogen (secondary N) is 1. The van der Waals surface area contributed by atoms with Crippen molar-refractivity contribution in [2.75, 3.05) is 6.54 Å². The summed E-state index contributed by atoms with van der Waals surface area (Å²) in [5, 5.41) is 13.4. The molecule has 2 N–H and O–H groups in total. The van der Waals surface area contributed by atoms with Crippen LogP contribution in [0.25, 0.3) is 0 Å². The predicted octanol–water partition coefficient (Wildman–Crippen LogP) is 3.77. The molecule has 106 valence electrons. The lowest BCUT2D eigenvalue weighted by Gasteiger charge is -2.22. The third-order valence-corrected chi connectivity index (χ3v) is 4.12. The summed E-state index contributed by atoms with van der Waals surface area (Å²) in [4.78, 5) is 0. The van der Waals surface area contributed by atoms with Crippen molar-refractivity contribution >= 4 is 0 Å². The summed E-state index contributed by atoms with van der Waals surface area (Å²) in [5.74, 6) is 0.744. The van der Waals surface area contributed by atoms with E-state index in [2.05, 4.69) is 43.4 Å². The zero-order chi connectivity index (χ0) is 13.7. The van der Waals surface area contributed by atoms with Crippen molar-refractivity contribution in [1.29, 1.82) is 0 Å². The molecule has 1 unspecified atom stereocenters. The molecule has 2 nitrogen and oxygen atoms in total. The molecule has 0 heterocycles. The van der Waals surface area contributed by atoms with E-state index < -0.39 is 6.10 Å². The van der Waals surface area contributed by atoms with Crippen LogP contribution in [0.4, 0.5) is 0 Å². The highest BCUT2D eigenvalue weighted by Gasteiger charge is 2.16. The van der Waals surface area contributed by atoms with Gasteiger partial charge in [0.05, 0.1) is 6.10 Å². The molecule has 0 aliphatic heterocycles. The van der Waals surface area contributed by atoms with Crippen LogP contribution < -0.4 is 5.32 Å². The van der Waals surface area contributed by atoms with E-state index in [1.807, 2.05) is 0 Å². The summed E-state index contributed by atoms with van der Waals surface area (Å²) in [7, 11) is 0.